The molecule has 0 saturated heterocycles. The quantitative estimate of drug-likeness (QED) is 0.751. The van der Waals surface area contributed by atoms with E-state index in [0.29, 0.717) is 22.1 Å². The number of aromatic nitrogens is 2. The van der Waals surface area contributed by atoms with Crippen molar-refractivity contribution in [1.82, 2.24) is 9.97 Å². The molecule has 24 heavy (non-hydrogen) atoms. The van der Waals surface area contributed by atoms with Crippen molar-refractivity contribution in [2.75, 3.05) is 11.8 Å². The van der Waals surface area contributed by atoms with Crippen LogP contribution in [-0.2, 0) is 10.0 Å². The second-order valence-corrected chi connectivity index (χ2v) is 7.18. The van der Waals surface area contributed by atoms with Crippen molar-refractivity contribution in [3.8, 4) is 16.5 Å². The Balaban J connectivity index is 1.83. The highest BCUT2D eigenvalue weighted by Crippen LogP contribution is 2.26. The van der Waals surface area contributed by atoms with Gasteiger partial charge >= 0.3 is 0 Å². The topological polar surface area (TPSA) is 81.2 Å². The Labute approximate surface area is 142 Å². The van der Waals surface area contributed by atoms with E-state index in [1.54, 1.807) is 18.2 Å². The Morgan fingerprint density at radius 2 is 1.92 bits per heavy atom. The van der Waals surface area contributed by atoms with Gasteiger partial charge in [-0.15, -0.1) is 11.3 Å². The molecule has 2 aromatic heterocycles. The van der Waals surface area contributed by atoms with Crippen molar-refractivity contribution < 1.29 is 17.5 Å². The molecule has 3 aromatic rings. The highest BCUT2D eigenvalue weighted by atomic mass is 32.2. The van der Waals surface area contributed by atoms with Crippen LogP contribution in [0, 0.1) is 5.82 Å². The van der Waals surface area contributed by atoms with Crippen molar-refractivity contribution in [1.29, 1.82) is 0 Å². The number of sulfonamides is 1. The number of ether oxygens (including phenoxy) is 1. The SMILES string of the molecule is COc1ccc(NS(=O)(=O)c2csc(-c3ccc(F)cc3)n2)cn1. The summed E-state index contributed by atoms with van der Waals surface area (Å²) in [5.41, 5.74) is 0.945. The number of benzene rings is 1. The second-order valence-electron chi connectivity index (χ2n) is 4.69. The van der Waals surface area contributed by atoms with Gasteiger partial charge in [-0.25, -0.2) is 14.4 Å². The molecular formula is C15H12FN3O3S2. The molecule has 1 N–H and O–H groups in total. The van der Waals surface area contributed by atoms with Gasteiger partial charge in [-0.2, -0.15) is 8.42 Å². The molecule has 0 radical (unpaired) electrons. The van der Waals surface area contributed by atoms with E-state index in [1.165, 1.54) is 36.9 Å². The van der Waals surface area contributed by atoms with Crippen LogP contribution < -0.4 is 9.46 Å². The molecule has 0 fully saturated rings. The lowest BCUT2D eigenvalue weighted by Crippen LogP contribution is -2.13. The molecule has 1 aromatic carbocycles. The number of anilines is 1. The van der Waals surface area contributed by atoms with E-state index < -0.39 is 10.0 Å². The maximum absolute atomic E-state index is 13.0. The third-order valence-corrected chi connectivity index (χ3v) is 5.35. The number of thiazole rings is 1. The minimum absolute atomic E-state index is 0.109. The fourth-order valence-corrected chi connectivity index (χ4v) is 4.02. The summed E-state index contributed by atoms with van der Waals surface area (Å²) in [4.78, 5) is 8.05. The minimum Gasteiger partial charge on any atom is -0.481 e. The van der Waals surface area contributed by atoms with Crippen molar-refractivity contribution in [2.45, 2.75) is 5.03 Å². The number of hydrogen-bond acceptors (Lipinski definition) is 6. The standard InChI is InChI=1S/C15H12FN3O3S2/c1-22-13-7-6-12(8-17-13)19-24(20,21)14-9-23-15(18-14)10-2-4-11(16)5-3-10/h2-9,19H,1H3. The lowest BCUT2D eigenvalue weighted by atomic mass is 10.2. The van der Waals surface area contributed by atoms with Crippen molar-refractivity contribution in [2.24, 2.45) is 0 Å². The van der Waals surface area contributed by atoms with Crippen LogP contribution in [0.5, 0.6) is 5.88 Å². The molecule has 0 amide bonds. The van der Waals surface area contributed by atoms with Crippen molar-refractivity contribution in [3.05, 3.63) is 53.8 Å². The number of nitrogens with zero attached hydrogens (tertiary/aromatic N) is 2. The van der Waals surface area contributed by atoms with Crippen molar-refractivity contribution in [3.63, 3.8) is 0 Å². The predicted octanol–water partition coefficient (Wildman–Crippen LogP) is 3.15. The average molecular weight is 365 g/mol. The van der Waals surface area contributed by atoms with Gasteiger partial charge in [0.2, 0.25) is 5.88 Å². The molecule has 0 saturated carbocycles. The molecule has 0 bridgehead atoms. The predicted molar refractivity (Wildman–Crippen MR) is 89.1 cm³/mol. The Morgan fingerprint density at radius 3 is 2.54 bits per heavy atom. The summed E-state index contributed by atoms with van der Waals surface area (Å²) in [7, 11) is -2.36. The van der Waals surface area contributed by atoms with Crippen molar-refractivity contribution >= 4 is 27.0 Å². The highest BCUT2D eigenvalue weighted by Gasteiger charge is 2.19. The number of nitrogens with one attached hydrogen (secondary N) is 1. The third kappa shape index (κ3) is 3.52. The first-order chi connectivity index (χ1) is 11.5. The summed E-state index contributed by atoms with van der Waals surface area (Å²) in [6, 6.07) is 8.77. The molecule has 3 rings (SSSR count). The zero-order valence-corrected chi connectivity index (χ0v) is 14.1. The summed E-state index contributed by atoms with van der Waals surface area (Å²) < 4.78 is 45.0. The van der Waals surface area contributed by atoms with Crippen LogP contribution in [-0.4, -0.2) is 25.5 Å². The first-order valence-corrected chi connectivity index (χ1v) is 9.08. The summed E-state index contributed by atoms with van der Waals surface area (Å²) in [5.74, 6) is 0.0158. The van der Waals surface area contributed by atoms with E-state index in [1.807, 2.05) is 0 Å². The molecule has 124 valence electrons. The summed E-state index contributed by atoms with van der Waals surface area (Å²) in [6.07, 6.45) is 1.35. The molecule has 2 heterocycles. The fraction of sp³-hybridized carbons (Fsp3) is 0.0667. The van der Waals surface area contributed by atoms with Gasteiger partial charge in [0.05, 0.1) is 19.0 Å². The maximum atomic E-state index is 13.0. The van der Waals surface area contributed by atoms with Crippen LogP contribution in [0.4, 0.5) is 10.1 Å². The second kappa shape index (κ2) is 6.54. The van der Waals surface area contributed by atoms with Gasteiger partial charge in [0.25, 0.3) is 10.0 Å². The summed E-state index contributed by atoms with van der Waals surface area (Å²) >= 11 is 1.16. The van der Waals surface area contributed by atoms with E-state index in [2.05, 4.69) is 14.7 Å². The molecule has 0 aliphatic heterocycles. The van der Waals surface area contributed by atoms with E-state index in [9.17, 15) is 12.8 Å². The zero-order valence-electron chi connectivity index (χ0n) is 12.4. The first-order valence-electron chi connectivity index (χ1n) is 6.72. The molecular weight excluding hydrogens is 353 g/mol. The number of pyridine rings is 1. The van der Waals surface area contributed by atoms with Gasteiger partial charge in [-0.05, 0) is 30.3 Å². The van der Waals surface area contributed by atoms with Crippen LogP contribution in [0.25, 0.3) is 10.6 Å². The number of hydrogen-bond donors (Lipinski definition) is 1. The number of halogens is 1. The van der Waals surface area contributed by atoms with Gasteiger partial charge in [0.1, 0.15) is 10.8 Å². The summed E-state index contributed by atoms with van der Waals surface area (Å²) in [6.45, 7) is 0. The monoisotopic (exact) mass is 365 g/mol. The lowest BCUT2D eigenvalue weighted by Gasteiger charge is -2.05. The van der Waals surface area contributed by atoms with Gasteiger partial charge in [0.15, 0.2) is 5.03 Å². The average Bonchev–Trinajstić information content (AvgIpc) is 3.07. The van der Waals surface area contributed by atoms with Gasteiger partial charge in [-0.1, -0.05) is 0 Å². The molecule has 0 spiro atoms. The third-order valence-electron chi connectivity index (χ3n) is 3.05. The highest BCUT2D eigenvalue weighted by molar-refractivity contribution is 7.92. The molecule has 0 aliphatic rings. The normalized spacial score (nSPS) is 11.2. The Morgan fingerprint density at radius 1 is 1.17 bits per heavy atom. The van der Waals surface area contributed by atoms with E-state index in [-0.39, 0.29) is 10.8 Å². The maximum Gasteiger partial charge on any atom is 0.280 e. The van der Waals surface area contributed by atoms with Crippen LogP contribution in [0.1, 0.15) is 0 Å². The van der Waals surface area contributed by atoms with Crippen LogP contribution >= 0.6 is 11.3 Å². The Hall–Kier alpha value is -2.52. The zero-order chi connectivity index (χ0) is 17.2. The van der Waals surface area contributed by atoms with E-state index in [4.69, 9.17) is 4.74 Å². The largest absolute Gasteiger partial charge is 0.481 e. The van der Waals surface area contributed by atoms with Crippen LogP contribution in [0.2, 0.25) is 0 Å². The Kier molecular flexibility index (Phi) is 4.45. The summed E-state index contributed by atoms with van der Waals surface area (Å²) in [5, 5.41) is 1.81. The van der Waals surface area contributed by atoms with Crippen LogP contribution in [0.3, 0.4) is 0 Å². The first kappa shape index (κ1) is 16.3. The van der Waals surface area contributed by atoms with Gasteiger partial charge in [0, 0.05) is 17.0 Å². The van der Waals surface area contributed by atoms with E-state index >= 15 is 0 Å². The van der Waals surface area contributed by atoms with Crippen LogP contribution in [0.15, 0.2) is 53.0 Å². The molecule has 6 nitrogen and oxygen atoms in total. The van der Waals surface area contributed by atoms with Gasteiger partial charge in [-0.3, -0.25) is 4.72 Å². The Bertz CT molecular complexity index is 939. The van der Waals surface area contributed by atoms with E-state index in [0.717, 1.165) is 11.3 Å². The smallest absolute Gasteiger partial charge is 0.280 e. The molecule has 9 heteroatoms. The lowest BCUT2D eigenvalue weighted by molar-refractivity contribution is 0.398. The molecule has 0 unspecified atom stereocenters. The number of methoxy groups -OCH3 is 1. The number of rotatable bonds is 5. The molecule has 0 aliphatic carbocycles. The van der Waals surface area contributed by atoms with Gasteiger partial charge < -0.3 is 4.74 Å². The fourth-order valence-electron chi connectivity index (χ4n) is 1.88. The molecule has 0 atom stereocenters. The minimum atomic E-state index is -3.83.